The zero-order valence-electron chi connectivity index (χ0n) is 14.5. The number of morpholine rings is 1. The van der Waals surface area contributed by atoms with E-state index in [9.17, 15) is 18.0 Å². The molecule has 1 aromatic rings. The SMILES string of the molecule is O=C(NCCS(=O)(=O)N1CCOCC1)C1CCC(=O)N1c1ccccc1. The Balaban J connectivity index is 1.56. The van der Waals surface area contributed by atoms with Gasteiger partial charge in [-0.2, -0.15) is 4.31 Å². The molecule has 2 amide bonds. The van der Waals surface area contributed by atoms with Crippen LogP contribution >= 0.6 is 0 Å². The molecule has 8 nitrogen and oxygen atoms in total. The van der Waals surface area contributed by atoms with Gasteiger partial charge in [0.05, 0.1) is 19.0 Å². The molecule has 2 heterocycles. The summed E-state index contributed by atoms with van der Waals surface area (Å²) in [5.41, 5.74) is 0.677. The highest BCUT2D eigenvalue weighted by atomic mass is 32.2. The Morgan fingerprint density at radius 2 is 1.88 bits per heavy atom. The van der Waals surface area contributed by atoms with E-state index in [2.05, 4.69) is 5.32 Å². The van der Waals surface area contributed by atoms with Crippen LogP contribution in [0.15, 0.2) is 30.3 Å². The van der Waals surface area contributed by atoms with E-state index < -0.39 is 16.1 Å². The molecule has 142 valence electrons. The summed E-state index contributed by atoms with van der Waals surface area (Å²) in [6, 6.07) is 8.43. The number of carbonyl (C=O) groups excluding carboxylic acids is 2. The number of para-hydroxylation sites is 1. The van der Waals surface area contributed by atoms with Crippen LogP contribution in [0.2, 0.25) is 0 Å². The van der Waals surface area contributed by atoms with Gasteiger partial charge in [0.1, 0.15) is 6.04 Å². The van der Waals surface area contributed by atoms with Crippen molar-refractivity contribution in [2.24, 2.45) is 0 Å². The molecule has 2 aliphatic heterocycles. The maximum absolute atomic E-state index is 12.5. The number of rotatable bonds is 6. The maximum atomic E-state index is 12.5. The number of sulfonamides is 1. The molecule has 1 unspecified atom stereocenters. The molecule has 2 aliphatic rings. The molecule has 0 aliphatic carbocycles. The van der Waals surface area contributed by atoms with Crippen LogP contribution in [0, 0.1) is 0 Å². The van der Waals surface area contributed by atoms with E-state index in [1.54, 1.807) is 12.1 Å². The molecule has 0 bridgehead atoms. The molecule has 3 rings (SSSR count). The third kappa shape index (κ3) is 4.22. The van der Waals surface area contributed by atoms with E-state index in [1.165, 1.54) is 9.21 Å². The largest absolute Gasteiger partial charge is 0.379 e. The molecule has 2 saturated heterocycles. The number of hydrogen-bond acceptors (Lipinski definition) is 5. The van der Waals surface area contributed by atoms with Gasteiger partial charge < -0.3 is 10.1 Å². The lowest BCUT2D eigenvalue weighted by Crippen LogP contribution is -2.47. The van der Waals surface area contributed by atoms with E-state index in [0.717, 1.165) is 0 Å². The standard InChI is InChI=1S/C17H23N3O5S/c21-16-7-6-15(20(16)14-4-2-1-3-5-14)17(22)18-8-13-26(23,24)19-9-11-25-12-10-19/h1-5,15H,6-13H2,(H,18,22). The van der Waals surface area contributed by atoms with Crippen LogP contribution in [-0.2, 0) is 24.3 Å². The number of anilines is 1. The number of nitrogens with one attached hydrogen (secondary N) is 1. The third-order valence-electron chi connectivity index (χ3n) is 4.57. The van der Waals surface area contributed by atoms with Crippen LogP contribution in [0.4, 0.5) is 5.69 Å². The van der Waals surface area contributed by atoms with E-state index >= 15 is 0 Å². The highest BCUT2D eigenvalue weighted by Crippen LogP contribution is 2.26. The fourth-order valence-electron chi connectivity index (χ4n) is 3.22. The van der Waals surface area contributed by atoms with Crippen molar-refractivity contribution in [1.29, 1.82) is 0 Å². The van der Waals surface area contributed by atoms with Gasteiger partial charge in [-0.05, 0) is 18.6 Å². The molecule has 9 heteroatoms. The minimum atomic E-state index is -3.42. The second-order valence-corrected chi connectivity index (χ2v) is 8.36. The Kier molecular flexibility index (Phi) is 5.90. The lowest BCUT2D eigenvalue weighted by molar-refractivity contribution is -0.123. The van der Waals surface area contributed by atoms with Crippen molar-refractivity contribution in [2.75, 3.05) is 43.5 Å². The number of ether oxygens (including phenoxy) is 1. The molecular formula is C17H23N3O5S. The molecule has 1 N–H and O–H groups in total. The van der Waals surface area contributed by atoms with E-state index in [0.29, 0.717) is 44.8 Å². The molecule has 0 aromatic heterocycles. The molecule has 0 saturated carbocycles. The Morgan fingerprint density at radius 1 is 1.19 bits per heavy atom. The first-order valence-corrected chi connectivity index (χ1v) is 10.3. The van der Waals surface area contributed by atoms with Crippen LogP contribution in [0.25, 0.3) is 0 Å². The average molecular weight is 381 g/mol. The van der Waals surface area contributed by atoms with Gasteiger partial charge in [0.15, 0.2) is 0 Å². The number of amides is 2. The fourth-order valence-corrected chi connectivity index (χ4v) is 4.54. The monoisotopic (exact) mass is 381 g/mol. The Morgan fingerprint density at radius 3 is 2.58 bits per heavy atom. The van der Waals surface area contributed by atoms with Crippen molar-refractivity contribution in [3.63, 3.8) is 0 Å². The van der Waals surface area contributed by atoms with E-state index in [-0.39, 0.29) is 24.1 Å². The second kappa shape index (κ2) is 8.15. The normalized spacial score (nSPS) is 21.8. The molecule has 0 spiro atoms. The van der Waals surface area contributed by atoms with Crippen molar-refractivity contribution in [2.45, 2.75) is 18.9 Å². The minimum absolute atomic E-state index is 0.0197. The first-order chi connectivity index (χ1) is 12.5. The second-order valence-electron chi connectivity index (χ2n) is 6.27. The van der Waals surface area contributed by atoms with Crippen molar-refractivity contribution in [1.82, 2.24) is 9.62 Å². The third-order valence-corrected chi connectivity index (χ3v) is 6.44. The van der Waals surface area contributed by atoms with Crippen molar-refractivity contribution >= 4 is 27.5 Å². The van der Waals surface area contributed by atoms with E-state index in [1.807, 2.05) is 18.2 Å². The number of nitrogens with zero attached hydrogens (tertiary/aromatic N) is 2. The summed E-state index contributed by atoms with van der Waals surface area (Å²) in [6.07, 6.45) is 0.731. The van der Waals surface area contributed by atoms with Crippen LogP contribution in [0.1, 0.15) is 12.8 Å². The van der Waals surface area contributed by atoms with Crippen molar-refractivity contribution < 1.29 is 22.7 Å². The summed E-state index contributed by atoms with van der Waals surface area (Å²) < 4.78 is 31.1. The molecular weight excluding hydrogens is 358 g/mol. The van der Waals surface area contributed by atoms with Gasteiger partial charge in [0.2, 0.25) is 21.8 Å². The van der Waals surface area contributed by atoms with Gasteiger partial charge in [-0.15, -0.1) is 0 Å². The molecule has 1 atom stereocenters. The van der Waals surface area contributed by atoms with Crippen molar-refractivity contribution in [3.05, 3.63) is 30.3 Å². The van der Waals surface area contributed by atoms with E-state index in [4.69, 9.17) is 4.74 Å². The molecule has 26 heavy (non-hydrogen) atoms. The molecule has 1 aromatic carbocycles. The summed E-state index contributed by atoms with van der Waals surface area (Å²) in [7, 11) is -3.42. The van der Waals surface area contributed by atoms with Gasteiger partial charge in [0, 0.05) is 31.7 Å². The Hall–Kier alpha value is -1.97. The van der Waals surface area contributed by atoms with Gasteiger partial charge >= 0.3 is 0 Å². The zero-order chi connectivity index (χ0) is 18.6. The van der Waals surface area contributed by atoms with Gasteiger partial charge in [-0.25, -0.2) is 8.42 Å². The topological polar surface area (TPSA) is 96.0 Å². The van der Waals surface area contributed by atoms with Gasteiger partial charge in [-0.3, -0.25) is 14.5 Å². The lowest BCUT2D eigenvalue weighted by atomic mass is 10.2. The smallest absolute Gasteiger partial charge is 0.243 e. The minimum Gasteiger partial charge on any atom is -0.379 e. The predicted octanol–water partition coefficient (Wildman–Crippen LogP) is -0.0398. The number of benzene rings is 1. The first-order valence-electron chi connectivity index (χ1n) is 8.69. The van der Waals surface area contributed by atoms with Crippen LogP contribution in [0.3, 0.4) is 0 Å². The number of carbonyl (C=O) groups is 2. The van der Waals surface area contributed by atoms with Gasteiger partial charge in [-0.1, -0.05) is 18.2 Å². The molecule has 2 fully saturated rings. The maximum Gasteiger partial charge on any atom is 0.243 e. The number of hydrogen-bond donors (Lipinski definition) is 1. The summed E-state index contributed by atoms with van der Waals surface area (Å²) >= 11 is 0. The Labute approximate surface area is 153 Å². The molecule has 0 radical (unpaired) electrons. The summed E-state index contributed by atoms with van der Waals surface area (Å²) in [5, 5.41) is 2.67. The highest BCUT2D eigenvalue weighted by Gasteiger charge is 2.37. The summed E-state index contributed by atoms with van der Waals surface area (Å²) in [6.45, 7) is 1.49. The fraction of sp³-hybridized carbons (Fsp3) is 0.529. The first kappa shape index (κ1) is 18.8. The quantitative estimate of drug-likeness (QED) is 0.746. The highest BCUT2D eigenvalue weighted by molar-refractivity contribution is 7.89. The van der Waals surface area contributed by atoms with Crippen molar-refractivity contribution in [3.8, 4) is 0 Å². The average Bonchev–Trinajstić information content (AvgIpc) is 3.04. The van der Waals surface area contributed by atoms with Crippen LogP contribution in [-0.4, -0.2) is 69.2 Å². The predicted molar refractivity (Wildman–Crippen MR) is 96.1 cm³/mol. The van der Waals surface area contributed by atoms with Crippen LogP contribution in [0.5, 0.6) is 0 Å². The zero-order valence-corrected chi connectivity index (χ0v) is 15.3. The summed E-state index contributed by atoms with van der Waals surface area (Å²) in [5.74, 6) is -0.584. The summed E-state index contributed by atoms with van der Waals surface area (Å²) in [4.78, 5) is 26.2. The van der Waals surface area contributed by atoms with Gasteiger partial charge in [0.25, 0.3) is 0 Å². The Bertz CT molecular complexity index is 747. The lowest BCUT2D eigenvalue weighted by Gasteiger charge is -2.26. The van der Waals surface area contributed by atoms with Crippen LogP contribution < -0.4 is 10.2 Å².